The lowest BCUT2D eigenvalue weighted by molar-refractivity contribution is 0.0179. The molecule has 0 amide bonds. The Kier molecular flexibility index (Phi) is 4.52. The van der Waals surface area contributed by atoms with Crippen molar-refractivity contribution in [1.29, 1.82) is 0 Å². The lowest BCUT2D eigenvalue weighted by atomic mass is 9.93. The minimum absolute atomic E-state index is 0.213. The summed E-state index contributed by atoms with van der Waals surface area (Å²) in [6.45, 7) is 12.9. The average molecular weight is 275 g/mol. The fraction of sp³-hybridized carbons (Fsp3) is 0.647. The van der Waals surface area contributed by atoms with Crippen LogP contribution >= 0.6 is 0 Å². The first kappa shape index (κ1) is 15.5. The van der Waals surface area contributed by atoms with E-state index in [-0.39, 0.29) is 5.54 Å². The predicted molar refractivity (Wildman–Crippen MR) is 86.0 cm³/mol. The normalized spacial score (nSPS) is 21.9. The van der Waals surface area contributed by atoms with Crippen LogP contribution in [0.3, 0.4) is 0 Å². The van der Waals surface area contributed by atoms with Crippen molar-refractivity contribution in [1.82, 2.24) is 9.80 Å². The number of hydrogen-bond donors (Lipinski definition) is 1. The Balaban J connectivity index is 2.24. The summed E-state index contributed by atoms with van der Waals surface area (Å²) < 4.78 is 0. The molecule has 0 aliphatic carbocycles. The standard InChI is InChI=1S/C17H29N3/c1-13-6-7-15(14(2)10-13)16(11-18)20-9-8-19(5)17(3,4)12-20/h6-7,10,16H,8-9,11-12,18H2,1-5H3. The Morgan fingerprint density at radius 3 is 2.50 bits per heavy atom. The van der Waals surface area contributed by atoms with Crippen molar-refractivity contribution in [3.8, 4) is 0 Å². The summed E-state index contributed by atoms with van der Waals surface area (Å²) in [5.74, 6) is 0. The predicted octanol–water partition coefficient (Wildman–Crippen LogP) is 2.33. The molecule has 20 heavy (non-hydrogen) atoms. The van der Waals surface area contributed by atoms with Crippen molar-refractivity contribution in [3.05, 3.63) is 34.9 Å². The summed E-state index contributed by atoms with van der Waals surface area (Å²) in [5, 5.41) is 0. The molecule has 1 saturated heterocycles. The highest BCUT2D eigenvalue weighted by Gasteiger charge is 2.34. The molecule has 1 aliphatic heterocycles. The topological polar surface area (TPSA) is 32.5 Å². The highest BCUT2D eigenvalue weighted by molar-refractivity contribution is 5.33. The van der Waals surface area contributed by atoms with Crippen LogP contribution in [0.15, 0.2) is 18.2 Å². The molecule has 1 aliphatic rings. The van der Waals surface area contributed by atoms with Crippen molar-refractivity contribution < 1.29 is 0 Å². The van der Waals surface area contributed by atoms with Crippen LogP contribution in [0.5, 0.6) is 0 Å². The van der Waals surface area contributed by atoms with E-state index in [4.69, 9.17) is 5.73 Å². The Morgan fingerprint density at radius 1 is 1.25 bits per heavy atom. The third-order valence-electron chi connectivity index (χ3n) is 4.79. The van der Waals surface area contributed by atoms with E-state index in [2.05, 4.69) is 62.7 Å². The van der Waals surface area contributed by atoms with Gasteiger partial charge in [0.1, 0.15) is 0 Å². The molecule has 0 bridgehead atoms. The van der Waals surface area contributed by atoms with Gasteiger partial charge < -0.3 is 5.73 Å². The second kappa shape index (κ2) is 5.84. The molecular weight excluding hydrogens is 246 g/mol. The second-order valence-corrected chi connectivity index (χ2v) is 6.82. The average Bonchev–Trinajstić information content (AvgIpc) is 2.36. The molecule has 0 aromatic heterocycles. The molecule has 0 radical (unpaired) electrons. The van der Waals surface area contributed by atoms with Crippen LogP contribution in [0.4, 0.5) is 0 Å². The summed E-state index contributed by atoms with van der Waals surface area (Å²) in [5.41, 5.74) is 10.4. The maximum Gasteiger partial charge on any atom is 0.0474 e. The van der Waals surface area contributed by atoms with Gasteiger partial charge in [-0.2, -0.15) is 0 Å². The molecule has 3 heteroatoms. The largest absolute Gasteiger partial charge is 0.329 e. The molecule has 1 atom stereocenters. The van der Waals surface area contributed by atoms with Crippen LogP contribution < -0.4 is 5.73 Å². The molecule has 3 nitrogen and oxygen atoms in total. The van der Waals surface area contributed by atoms with Crippen molar-refractivity contribution in [2.75, 3.05) is 33.2 Å². The molecule has 0 spiro atoms. The zero-order valence-corrected chi connectivity index (χ0v) is 13.6. The van der Waals surface area contributed by atoms with Crippen molar-refractivity contribution in [3.63, 3.8) is 0 Å². The first-order valence-corrected chi connectivity index (χ1v) is 7.57. The molecule has 1 heterocycles. The van der Waals surface area contributed by atoms with Crippen LogP contribution in [0.2, 0.25) is 0 Å². The van der Waals surface area contributed by atoms with E-state index in [0.29, 0.717) is 12.6 Å². The molecule has 2 N–H and O–H groups in total. The van der Waals surface area contributed by atoms with Gasteiger partial charge in [0.15, 0.2) is 0 Å². The van der Waals surface area contributed by atoms with Gasteiger partial charge >= 0.3 is 0 Å². The van der Waals surface area contributed by atoms with Gasteiger partial charge in [-0.05, 0) is 45.9 Å². The number of rotatable bonds is 3. The van der Waals surface area contributed by atoms with Crippen LogP contribution in [-0.4, -0.2) is 48.6 Å². The summed E-state index contributed by atoms with van der Waals surface area (Å²) in [4.78, 5) is 5.00. The third-order valence-corrected chi connectivity index (χ3v) is 4.79. The number of likely N-dealkylation sites (N-methyl/N-ethyl adjacent to an activating group) is 1. The van der Waals surface area contributed by atoms with E-state index in [0.717, 1.165) is 19.6 Å². The number of nitrogens with two attached hydrogens (primary N) is 1. The smallest absolute Gasteiger partial charge is 0.0474 e. The van der Waals surface area contributed by atoms with Crippen molar-refractivity contribution >= 4 is 0 Å². The van der Waals surface area contributed by atoms with Gasteiger partial charge in [0.05, 0.1) is 0 Å². The Bertz CT molecular complexity index is 467. The lowest BCUT2D eigenvalue weighted by Gasteiger charge is -2.48. The summed E-state index contributed by atoms with van der Waals surface area (Å²) in [7, 11) is 2.21. The second-order valence-electron chi connectivity index (χ2n) is 6.82. The van der Waals surface area contributed by atoms with E-state index >= 15 is 0 Å². The van der Waals surface area contributed by atoms with Gasteiger partial charge in [-0.15, -0.1) is 0 Å². The molecule has 112 valence electrons. The van der Waals surface area contributed by atoms with E-state index < -0.39 is 0 Å². The SMILES string of the molecule is Cc1ccc(C(CN)N2CCN(C)C(C)(C)C2)c(C)c1. The first-order chi connectivity index (χ1) is 9.35. The minimum Gasteiger partial charge on any atom is -0.329 e. The van der Waals surface area contributed by atoms with E-state index in [9.17, 15) is 0 Å². The molecule has 2 rings (SSSR count). The number of benzene rings is 1. The van der Waals surface area contributed by atoms with Gasteiger partial charge in [0, 0.05) is 37.8 Å². The molecule has 1 fully saturated rings. The van der Waals surface area contributed by atoms with Crippen LogP contribution in [-0.2, 0) is 0 Å². The zero-order chi connectivity index (χ0) is 14.9. The minimum atomic E-state index is 0.213. The Morgan fingerprint density at radius 2 is 1.95 bits per heavy atom. The van der Waals surface area contributed by atoms with Crippen molar-refractivity contribution in [2.24, 2.45) is 5.73 Å². The number of aryl methyl sites for hydroxylation is 2. The van der Waals surface area contributed by atoms with Crippen LogP contribution in [0.25, 0.3) is 0 Å². The Labute approximate surface area is 123 Å². The van der Waals surface area contributed by atoms with Gasteiger partial charge in [0.2, 0.25) is 0 Å². The quantitative estimate of drug-likeness (QED) is 0.919. The lowest BCUT2D eigenvalue weighted by Crippen LogP contribution is -2.58. The van der Waals surface area contributed by atoms with Gasteiger partial charge in [0.25, 0.3) is 0 Å². The zero-order valence-electron chi connectivity index (χ0n) is 13.6. The van der Waals surface area contributed by atoms with Crippen LogP contribution in [0.1, 0.15) is 36.6 Å². The fourth-order valence-electron chi connectivity index (χ4n) is 3.22. The maximum absolute atomic E-state index is 6.11. The molecular formula is C17H29N3. The number of piperazine rings is 1. The molecule has 1 aromatic carbocycles. The van der Waals surface area contributed by atoms with E-state index in [1.54, 1.807) is 0 Å². The number of nitrogens with zero attached hydrogens (tertiary/aromatic N) is 2. The maximum atomic E-state index is 6.11. The monoisotopic (exact) mass is 275 g/mol. The number of hydrogen-bond acceptors (Lipinski definition) is 3. The van der Waals surface area contributed by atoms with Crippen molar-refractivity contribution in [2.45, 2.75) is 39.3 Å². The fourth-order valence-corrected chi connectivity index (χ4v) is 3.22. The van der Waals surface area contributed by atoms with Gasteiger partial charge in [-0.3, -0.25) is 9.80 Å². The van der Waals surface area contributed by atoms with Crippen LogP contribution in [0, 0.1) is 13.8 Å². The third kappa shape index (κ3) is 3.05. The molecule has 0 saturated carbocycles. The summed E-state index contributed by atoms with van der Waals surface area (Å²) in [6, 6.07) is 7.06. The van der Waals surface area contributed by atoms with Gasteiger partial charge in [-0.1, -0.05) is 23.8 Å². The van der Waals surface area contributed by atoms with E-state index in [1.807, 2.05) is 0 Å². The summed E-state index contributed by atoms with van der Waals surface area (Å²) >= 11 is 0. The Hall–Kier alpha value is -0.900. The molecule has 1 aromatic rings. The first-order valence-electron chi connectivity index (χ1n) is 7.57. The highest BCUT2D eigenvalue weighted by atomic mass is 15.3. The van der Waals surface area contributed by atoms with E-state index in [1.165, 1.54) is 16.7 Å². The molecule has 1 unspecified atom stereocenters. The van der Waals surface area contributed by atoms with Gasteiger partial charge in [-0.25, -0.2) is 0 Å². The highest BCUT2D eigenvalue weighted by Crippen LogP contribution is 2.29. The summed E-state index contributed by atoms with van der Waals surface area (Å²) in [6.07, 6.45) is 0.